The van der Waals surface area contributed by atoms with Gasteiger partial charge in [-0.05, 0) is 88.3 Å². The number of halogens is 2. The molecule has 2 aliphatic heterocycles. The molecule has 1 saturated carbocycles. The molecule has 1 aliphatic carbocycles. The highest BCUT2D eigenvalue weighted by Crippen LogP contribution is 2.38. The highest BCUT2D eigenvalue weighted by Gasteiger charge is 2.33. The lowest BCUT2D eigenvalue weighted by Gasteiger charge is -2.30. The normalized spacial score (nSPS) is 21.6. The SMILES string of the molecule is CC(C)(C)OC(=O)N1CC=C(Cl)C(C2CCC(Oc3ccc(F)cc3)CC2)=c2[nH]c3c(c21)CN=NC=3. The van der Waals surface area contributed by atoms with Crippen LogP contribution in [0.5, 0.6) is 5.75 Å². The van der Waals surface area contributed by atoms with Crippen LogP contribution in [0.1, 0.15) is 52.0 Å². The monoisotopic (exact) mass is 512 g/mol. The van der Waals surface area contributed by atoms with E-state index in [4.69, 9.17) is 21.1 Å². The van der Waals surface area contributed by atoms with E-state index in [-0.39, 0.29) is 17.8 Å². The van der Waals surface area contributed by atoms with E-state index in [0.717, 1.165) is 53.2 Å². The number of fused-ring (bicyclic) bond motifs is 3. The van der Waals surface area contributed by atoms with Gasteiger partial charge in [0.1, 0.15) is 17.2 Å². The molecule has 9 heteroatoms. The quantitative estimate of drug-likeness (QED) is 0.587. The summed E-state index contributed by atoms with van der Waals surface area (Å²) in [5.41, 5.74) is 2.05. The van der Waals surface area contributed by atoms with E-state index in [1.165, 1.54) is 12.1 Å². The van der Waals surface area contributed by atoms with Crippen molar-refractivity contribution in [1.29, 1.82) is 0 Å². The van der Waals surface area contributed by atoms with Crippen LogP contribution in [0.3, 0.4) is 0 Å². The molecule has 36 heavy (non-hydrogen) atoms. The Bertz CT molecular complexity index is 1330. The summed E-state index contributed by atoms with van der Waals surface area (Å²) in [6.45, 7) is 6.23. The van der Waals surface area contributed by atoms with E-state index in [1.807, 2.05) is 26.8 Å². The Morgan fingerprint density at radius 3 is 2.58 bits per heavy atom. The summed E-state index contributed by atoms with van der Waals surface area (Å²) in [7, 11) is 0. The molecule has 0 bridgehead atoms. The van der Waals surface area contributed by atoms with Crippen molar-refractivity contribution in [3.8, 4) is 5.75 Å². The Kier molecular flexibility index (Phi) is 6.64. The van der Waals surface area contributed by atoms with E-state index in [9.17, 15) is 9.18 Å². The maximum absolute atomic E-state index is 13.2. The van der Waals surface area contributed by atoms with Crippen molar-refractivity contribution in [2.45, 2.75) is 64.7 Å². The third-order valence-electron chi connectivity index (χ3n) is 6.67. The zero-order valence-corrected chi connectivity index (χ0v) is 21.4. The summed E-state index contributed by atoms with van der Waals surface area (Å²) in [5.74, 6) is 0.586. The van der Waals surface area contributed by atoms with Gasteiger partial charge in [0.25, 0.3) is 0 Å². The molecule has 3 heterocycles. The van der Waals surface area contributed by atoms with E-state index >= 15 is 0 Å². The topological polar surface area (TPSA) is 79.3 Å². The Balaban J connectivity index is 1.48. The highest BCUT2D eigenvalue weighted by molar-refractivity contribution is 6.36. The lowest BCUT2D eigenvalue weighted by atomic mass is 9.81. The number of amides is 1. The molecule has 0 unspecified atom stereocenters. The van der Waals surface area contributed by atoms with Crippen molar-refractivity contribution in [3.05, 3.63) is 57.5 Å². The van der Waals surface area contributed by atoms with Crippen LogP contribution in [-0.2, 0) is 11.3 Å². The van der Waals surface area contributed by atoms with Crippen LogP contribution in [0.4, 0.5) is 14.9 Å². The summed E-state index contributed by atoms with van der Waals surface area (Å²) in [6, 6.07) is 6.14. The number of allylic oxidation sites excluding steroid dienone is 1. The van der Waals surface area contributed by atoms with Crippen LogP contribution in [0.25, 0.3) is 11.8 Å². The van der Waals surface area contributed by atoms with E-state index < -0.39 is 11.7 Å². The second-order valence-electron chi connectivity index (χ2n) is 10.4. The third-order valence-corrected chi connectivity index (χ3v) is 7.03. The number of aromatic amines is 1. The minimum atomic E-state index is -0.630. The third kappa shape index (κ3) is 5.05. The summed E-state index contributed by atoms with van der Waals surface area (Å²) < 4.78 is 25.1. The van der Waals surface area contributed by atoms with Gasteiger partial charge in [0, 0.05) is 17.1 Å². The Morgan fingerprint density at radius 2 is 1.89 bits per heavy atom. The fourth-order valence-corrected chi connectivity index (χ4v) is 5.39. The number of nitrogens with zero attached hydrogens (tertiary/aromatic N) is 3. The van der Waals surface area contributed by atoms with Gasteiger partial charge in [-0.15, -0.1) is 0 Å². The molecule has 1 aromatic carbocycles. The minimum absolute atomic E-state index is 0.0568. The molecule has 1 N–H and O–H groups in total. The molecule has 0 spiro atoms. The number of carbonyl (C=O) groups is 1. The van der Waals surface area contributed by atoms with Crippen LogP contribution < -0.4 is 20.3 Å². The van der Waals surface area contributed by atoms with Gasteiger partial charge in [0.05, 0.1) is 35.2 Å². The number of hydrogen-bond donors (Lipinski definition) is 1. The molecule has 1 amide bonds. The second-order valence-corrected chi connectivity index (χ2v) is 10.8. The van der Waals surface area contributed by atoms with Gasteiger partial charge >= 0.3 is 6.09 Å². The molecule has 190 valence electrons. The van der Waals surface area contributed by atoms with E-state index in [0.29, 0.717) is 23.9 Å². The van der Waals surface area contributed by atoms with Gasteiger partial charge in [0.15, 0.2) is 0 Å². The van der Waals surface area contributed by atoms with Gasteiger partial charge in [-0.3, -0.25) is 4.90 Å². The number of aromatic nitrogens is 1. The lowest BCUT2D eigenvalue weighted by Crippen LogP contribution is -2.39. The Morgan fingerprint density at radius 1 is 1.17 bits per heavy atom. The lowest BCUT2D eigenvalue weighted by molar-refractivity contribution is 0.0584. The fourth-order valence-electron chi connectivity index (χ4n) is 5.07. The number of benzene rings is 1. The number of H-pyrrole nitrogens is 1. The smallest absolute Gasteiger partial charge is 0.415 e. The van der Waals surface area contributed by atoms with Crippen molar-refractivity contribution in [2.24, 2.45) is 16.1 Å². The summed E-state index contributed by atoms with van der Waals surface area (Å²) >= 11 is 6.90. The van der Waals surface area contributed by atoms with Gasteiger partial charge in [0.2, 0.25) is 0 Å². The van der Waals surface area contributed by atoms with E-state index in [1.54, 1.807) is 23.2 Å². The van der Waals surface area contributed by atoms with Crippen LogP contribution >= 0.6 is 11.6 Å². The first-order chi connectivity index (χ1) is 17.2. The predicted octanol–water partition coefficient (Wildman–Crippen LogP) is 5.52. The average molecular weight is 513 g/mol. The first-order valence-corrected chi connectivity index (χ1v) is 12.7. The van der Waals surface area contributed by atoms with Gasteiger partial charge < -0.3 is 14.5 Å². The average Bonchev–Trinajstić information content (AvgIpc) is 3.12. The molecule has 5 rings (SSSR count). The van der Waals surface area contributed by atoms with E-state index in [2.05, 4.69) is 15.2 Å². The zero-order chi connectivity index (χ0) is 25.4. The zero-order valence-electron chi connectivity index (χ0n) is 20.7. The maximum Gasteiger partial charge on any atom is 0.415 e. The van der Waals surface area contributed by atoms with Gasteiger partial charge in [-0.1, -0.05) is 11.6 Å². The minimum Gasteiger partial charge on any atom is -0.490 e. The van der Waals surface area contributed by atoms with Crippen molar-refractivity contribution < 1.29 is 18.7 Å². The van der Waals surface area contributed by atoms with Crippen molar-refractivity contribution >= 4 is 35.2 Å². The standard InChI is InChI=1S/C27H30ClFN4O3/c1-27(2,3)36-26(34)33-13-12-21(28)23(24-25(33)20-14-30-31-15-22(20)32-24)16-4-8-18(9-5-16)35-19-10-6-17(29)7-11-19/h6-7,10-12,15-16,18,32H,4-5,8-9,13-14H2,1-3H3. The van der Waals surface area contributed by atoms with Crippen molar-refractivity contribution in [1.82, 2.24) is 4.98 Å². The number of azo groups is 1. The fraction of sp³-hybridized carbons (Fsp3) is 0.444. The first kappa shape index (κ1) is 24.6. The molecule has 0 radical (unpaired) electrons. The number of nitrogens with one attached hydrogen (secondary N) is 1. The summed E-state index contributed by atoms with van der Waals surface area (Å²) in [6.07, 6.45) is 6.64. The number of rotatable bonds is 3. The largest absolute Gasteiger partial charge is 0.490 e. The highest BCUT2D eigenvalue weighted by atomic mass is 35.5. The van der Waals surface area contributed by atoms with Crippen molar-refractivity contribution in [2.75, 3.05) is 11.4 Å². The Hall–Kier alpha value is -3.13. The van der Waals surface area contributed by atoms with Crippen LogP contribution in [0.2, 0.25) is 0 Å². The molecule has 1 aromatic heterocycles. The summed E-state index contributed by atoms with van der Waals surface area (Å²) in [5, 5.41) is 10.5. The molecule has 3 aliphatic rings. The van der Waals surface area contributed by atoms with Gasteiger partial charge in [-0.2, -0.15) is 10.2 Å². The van der Waals surface area contributed by atoms with Crippen LogP contribution in [0, 0.1) is 11.7 Å². The number of ether oxygens (including phenoxy) is 2. The number of anilines is 1. The predicted molar refractivity (Wildman–Crippen MR) is 137 cm³/mol. The molecule has 7 nitrogen and oxygen atoms in total. The van der Waals surface area contributed by atoms with Gasteiger partial charge in [-0.25, -0.2) is 9.18 Å². The number of hydrogen-bond acceptors (Lipinski definition) is 5. The molecule has 1 fully saturated rings. The maximum atomic E-state index is 13.2. The number of carbonyl (C=O) groups excluding carboxylic acids is 1. The van der Waals surface area contributed by atoms with Crippen molar-refractivity contribution in [3.63, 3.8) is 0 Å². The molecular formula is C27H30ClFN4O3. The molecule has 0 saturated heterocycles. The Labute approximate surface area is 214 Å². The summed E-state index contributed by atoms with van der Waals surface area (Å²) in [4.78, 5) is 18.4. The van der Waals surface area contributed by atoms with Crippen LogP contribution in [-0.4, -0.2) is 29.3 Å². The molecule has 2 aromatic rings. The second kappa shape index (κ2) is 9.73. The molecule has 0 atom stereocenters. The first-order valence-electron chi connectivity index (χ1n) is 12.3. The van der Waals surface area contributed by atoms with Crippen LogP contribution in [0.15, 0.2) is 45.6 Å². The molecular weight excluding hydrogens is 483 g/mol.